The van der Waals surface area contributed by atoms with Crippen LogP contribution in [0.3, 0.4) is 0 Å². The van der Waals surface area contributed by atoms with Crippen LogP contribution < -0.4 is 10.1 Å². The predicted molar refractivity (Wildman–Crippen MR) is 150 cm³/mol. The molecular weight excluding hydrogens is 496 g/mol. The monoisotopic (exact) mass is 536 g/mol. The molecular formula is C31H40N2O6. The number of rotatable bonds is 8. The number of anilines is 1. The lowest BCUT2D eigenvalue weighted by Crippen LogP contribution is -2.49. The smallest absolute Gasteiger partial charge is 0.308 e. The fraction of sp³-hybridized carbons (Fsp3) is 0.484. The van der Waals surface area contributed by atoms with Crippen LogP contribution in [0.5, 0.6) is 5.75 Å². The molecule has 0 aromatic heterocycles. The van der Waals surface area contributed by atoms with Crippen molar-refractivity contribution in [2.75, 3.05) is 19.0 Å². The van der Waals surface area contributed by atoms with Crippen molar-refractivity contribution < 1.29 is 28.7 Å². The molecule has 0 fully saturated rings. The van der Waals surface area contributed by atoms with Gasteiger partial charge in [0.2, 0.25) is 5.91 Å². The SMILES string of the molecule is CCC(C)(C)C(=O)N1CCc2ccc(CCC(=O)OC)cc2[C@H]1C(=O)Nc1cc(C)c(OC(C)=O)c(C)c1C. The minimum absolute atomic E-state index is 0.0787. The van der Waals surface area contributed by atoms with Gasteiger partial charge in [-0.1, -0.05) is 39.0 Å². The number of amides is 2. The van der Waals surface area contributed by atoms with Crippen LogP contribution in [0.4, 0.5) is 5.69 Å². The van der Waals surface area contributed by atoms with E-state index < -0.39 is 17.4 Å². The van der Waals surface area contributed by atoms with Gasteiger partial charge in [0.25, 0.3) is 5.91 Å². The second kappa shape index (κ2) is 12.0. The molecule has 0 unspecified atom stereocenters. The summed E-state index contributed by atoms with van der Waals surface area (Å²) in [5.41, 5.74) is 4.89. The Bertz CT molecular complexity index is 1300. The molecule has 39 heavy (non-hydrogen) atoms. The van der Waals surface area contributed by atoms with E-state index >= 15 is 0 Å². The fourth-order valence-corrected chi connectivity index (χ4v) is 4.90. The highest BCUT2D eigenvalue weighted by molar-refractivity contribution is 6.00. The maximum atomic E-state index is 14.1. The number of fused-ring (bicyclic) bond motifs is 1. The molecule has 3 rings (SSSR count). The molecule has 1 atom stereocenters. The van der Waals surface area contributed by atoms with Gasteiger partial charge in [-0.15, -0.1) is 0 Å². The van der Waals surface area contributed by atoms with Crippen LogP contribution in [0, 0.1) is 26.2 Å². The molecule has 2 aromatic rings. The van der Waals surface area contributed by atoms with Gasteiger partial charge in [0.15, 0.2) is 0 Å². The second-order valence-electron chi connectivity index (χ2n) is 10.9. The van der Waals surface area contributed by atoms with E-state index in [9.17, 15) is 19.2 Å². The zero-order valence-electron chi connectivity index (χ0n) is 24.3. The summed E-state index contributed by atoms with van der Waals surface area (Å²) in [4.78, 5) is 52.8. The number of methoxy groups -OCH3 is 1. The lowest BCUT2D eigenvalue weighted by molar-refractivity contribution is -0.147. The maximum Gasteiger partial charge on any atom is 0.308 e. The maximum absolute atomic E-state index is 14.1. The number of benzene rings is 2. The summed E-state index contributed by atoms with van der Waals surface area (Å²) in [6.07, 6.45) is 1.97. The summed E-state index contributed by atoms with van der Waals surface area (Å²) in [6, 6.07) is 6.85. The van der Waals surface area contributed by atoms with E-state index in [1.807, 2.05) is 59.7 Å². The minimum atomic E-state index is -0.835. The number of nitrogens with zero attached hydrogens (tertiary/aromatic N) is 1. The van der Waals surface area contributed by atoms with Crippen molar-refractivity contribution in [2.24, 2.45) is 5.41 Å². The zero-order valence-corrected chi connectivity index (χ0v) is 24.3. The quantitative estimate of drug-likeness (QED) is 0.370. The van der Waals surface area contributed by atoms with Gasteiger partial charge < -0.3 is 19.7 Å². The van der Waals surface area contributed by atoms with Crippen LogP contribution in [-0.2, 0) is 36.8 Å². The molecule has 1 N–H and O–H groups in total. The molecule has 1 aliphatic rings. The van der Waals surface area contributed by atoms with Crippen LogP contribution in [0.2, 0.25) is 0 Å². The average molecular weight is 537 g/mol. The number of hydrogen-bond acceptors (Lipinski definition) is 6. The largest absolute Gasteiger partial charge is 0.469 e. The van der Waals surface area contributed by atoms with Crippen molar-refractivity contribution in [3.63, 3.8) is 0 Å². The molecule has 0 aliphatic carbocycles. The van der Waals surface area contributed by atoms with Crippen molar-refractivity contribution in [3.8, 4) is 5.75 Å². The van der Waals surface area contributed by atoms with E-state index in [0.717, 1.165) is 33.4 Å². The first-order valence-corrected chi connectivity index (χ1v) is 13.4. The summed E-state index contributed by atoms with van der Waals surface area (Å²) >= 11 is 0. The molecule has 1 aliphatic heterocycles. The molecule has 8 nitrogen and oxygen atoms in total. The number of carbonyl (C=O) groups excluding carboxylic acids is 4. The Balaban J connectivity index is 2.05. The van der Waals surface area contributed by atoms with Crippen LogP contribution in [0.1, 0.15) is 80.0 Å². The Kier molecular flexibility index (Phi) is 9.20. The van der Waals surface area contributed by atoms with Crippen LogP contribution in [0.15, 0.2) is 24.3 Å². The van der Waals surface area contributed by atoms with Gasteiger partial charge in [-0.3, -0.25) is 19.2 Å². The van der Waals surface area contributed by atoms with E-state index in [1.54, 1.807) is 11.0 Å². The molecule has 0 saturated heterocycles. The highest BCUT2D eigenvalue weighted by atomic mass is 16.5. The Morgan fingerprint density at radius 2 is 1.77 bits per heavy atom. The van der Waals surface area contributed by atoms with Crippen molar-refractivity contribution in [1.29, 1.82) is 0 Å². The third-order valence-electron chi connectivity index (χ3n) is 7.79. The third kappa shape index (κ3) is 6.49. The number of esters is 2. The summed E-state index contributed by atoms with van der Waals surface area (Å²) in [6.45, 7) is 13.1. The lowest BCUT2D eigenvalue weighted by atomic mass is 9.84. The van der Waals surface area contributed by atoms with Crippen LogP contribution in [-0.4, -0.2) is 42.3 Å². The van der Waals surface area contributed by atoms with Gasteiger partial charge in [-0.2, -0.15) is 0 Å². The van der Waals surface area contributed by atoms with E-state index in [-0.39, 0.29) is 24.2 Å². The molecule has 210 valence electrons. The lowest BCUT2D eigenvalue weighted by Gasteiger charge is -2.40. The van der Waals surface area contributed by atoms with Crippen molar-refractivity contribution in [1.82, 2.24) is 4.90 Å². The summed E-state index contributed by atoms with van der Waals surface area (Å²) < 4.78 is 10.2. The van der Waals surface area contributed by atoms with Crippen molar-refractivity contribution in [2.45, 2.75) is 80.2 Å². The molecule has 8 heteroatoms. The predicted octanol–water partition coefficient (Wildman–Crippen LogP) is 5.14. The highest BCUT2D eigenvalue weighted by Gasteiger charge is 2.41. The molecule has 0 saturated carbocycles. The molecule has 0 radical (unpaired) electrons. The Labute approximate surface area is 231 Å². The normalized spacial score (nSPS) is 14.9. The first-order chi connectivity index (χ1) is 18.3. The van der Waals surface area contributed by atoms with Gasteiger partial charge in [0, 0.05) is 31.0 Å². The minimum Gasteiger partial charge on any atom is -0.469 e. The van der Waals surface area contributed by atoms with Gasteiger partial charge in [0.05, 0.1) is 7.11 Å². The molecule has 1 heterocycles. The highest BCUT2D eigenvalue weighted by Crippen LogP contribution is 2.37. The van der Waals surface area contributed by atoms with Gasteiger partial charge >= 0.3 is 11.9 Å². The van der Waals surface area contributed by atoms with Crippen molar-refractivity contribution >= 4 is 29.4 Å². The van der Waals surface area contributed by atoms with Gasteiger partial charge in [-0.05, 0) is 79.5 Å². The molecule has 0 bridgehead atoms. The molecule has 2 aromatic carbocycles. The Morgan fingerprint density at radius 1 is 1.08 bits per heavy atom. The Hall–Kier alpha value is -3.68. The number of nitrogens with one attached hydrogen (secondary N) is 1. The fourth-order valence-electron chi connectivity index (χ4n) is 4.90. The van der Waals surface area contributed by atoms with E-state index in [0.29, 0.717) is 37.2 Å². The summed E-state index contributed by atoms with van der Waals surface area (Å²) in [7, 11) is 1.36. The molecule has 2 amide bonds. The third-order valence-corrected chi connectivity index (χ3v) is 7.79. The Morgan fingerprint density at radius 3 is 2.38 bits per heavy atom. The summed E-state index contributed by atoms with van der Waals surface area (Å²) in [5.74, 6) is -0.625. The van der Waals surface area contributed by atoms with Crippen molar-refractivity contribution in [3.05, 3.63) is 57.6 Å². The standard InChI is InChI=1S/C31H40N2O6/c1-9-31(6,7)30(37)33-15-14-23-12-10-22(11-13-26(35)38-8)17-24(23)27(33)29(36)32-25-16-18(2)28(39-21(5)34)20(4)19(25)3/h10,12,16-17,27H,9,11,13-15H2,1-8H3,(H,32,36)/t27-/m0/s1. The van der Waals surface area contributed by atoms with E-state index in [2.05, 4.69) is 5.32 Å². The van der Waals surface area contributed by atoms with Gasteiger partial charge in [-0.25, -0.2) is 0 Å². The van der Waals surface area contributed by atoms with Gasteiger partial charge in [0.1, 0.15) is 11.8 Å². The number of carbonyl (C=O) groups is 4. The zero-order chi connectivity index (χ0) is 29.1. The van der Waals surface area contributed by atoms with E-state index in [4.69, 9.17) is 9.47 Å². The first kappa shape index (κ1) is 29.9. The molecule has 0 spiro atoms. The van der Waals surface area contributed by atoms with Crippen LogP contribution >= 0.6 is 0 Å². The topological polar surface area (TPSA) is 102 Å². The first-order valence-electron chi connectivity index (χ1n) is 13.4. The second-order valence-corrected chi connectivity index (χ2v) is 10.9. The number of aryl methyl sites for hydroxylation is 2. The number of ether oxygens (including phenoxy) is 2. The van der Waals surface area contributed by atoms with Crippen LogP contribution in [0.25, 0.3) is 0 Å². The summed E-state index contributed by atoms with van der Waals surface area (Å²) in [5, 5.41) is 3.07. The number of hydrogen-bond donors (Lipinski definition) is 1. The van der Waals surface area contributed by atoms with E-state index in [1.165, 1.54) is 14.0 Å². The average Bonchev–Trinajstić information content (AvgIpc) is 2.90.